The van der Waals surface area contributed by atoms with Crippen molar-refractivity contribution >= 4 is 57.2 Å². The predicted molar refractivity (Wildman–Crippen MR) is 103 cm³/mol. The monoisotopic (exact) mass is 400 g/mol. The number of anilines is 2. The van der Waals surface area contributed by atoms with Crippen molar-refractivity contribution in [3.05, 3.63) is 44.2 Å². The van der Waals surface area contributed by atoms with Crippen molar-refractivity contribution in [2.45, 2.75) is 33.8 Å². The normalized spacial score (nSPS) is 10.7. The summed E-state index contributed by atoms with van der Waals surface area (Å²) in [6.45, 7) is 7.26. The van der Waals surface area contributed by atoms with Crippen LogP contribution in [0.15, 0.2) is 18.2 Å². The number of halogens is 2. The minimum atomic E-state index is -0.488. The minimum absolute atomic E-state index is 0.245. The summed E-state index contributed by atoms with van der Waals surface area (Å²) < 4.78 is 5.26. The summed E-state index contributed by atoms with van der Waals surface area (Å²) in [6.07, 6.45) is -0.245. The van der Waals surface area contributed by atoms with E-state index in [1.807, 2.05) is 13.8 Å². The second-order valence-corrected chi connectivity index (χ2v) is 7.69. The van der Waals surface area contributed by atoms with E-state index in [-0.39, 0.29) is 6.10 Å². The lowest BCUT2D eigenvalue weighted by Gasteiger charge is -2.11. The highest BCUT2D eigenvalue weighted by Gasteiger charge is 2.23. The number of urea groups is 1. The van der Waals surface area contributed by atoms with Crippen LogP contribution >= 0.6 is 34.5 Å². The van der Waals surface area contributed by atoms with E-state index >= 15 is 0 Å². The molecule has 2 rings (SSSR count). The van der Waals surface area contributed by atoms with Crippen molar-refractivity contribution in [1.29, 1.82) is 0 Å². The van der Waals surface area contributed by atoms with Crippen molar-refractivity contribution < 1.29 is 14.3 Å². The topological polar surface area (TPSA) is 67.4 Å². The summed E-state index contributed by atoms with van der Waals surface area (Å²) in [5.74, 6) is -0.457. The van der Waals surface area contributed by atoms with Crippen LogP contribution in [-0.4, -0.2) is 18.1 Å². The van der Waals surface area contributed by atoms with Crippen LogP contribution < -0.4 is 10.6 Å². The van der Waals surface area contributed by atoms with Gasteiger partial charge in [0.1, 0.15) is 5.00 Å². The average Bonchev–Trinajstić information content (AvgIpc) is 2.76. The van der Waals surface area contributed by atoms with Gasteiger partial charge in [0.25, 0.3) is 0 Å². The molecular weight excluding hydrogens is 383 g/mol. The van der Waals surface area contributed by atoms with E-state index < -0.39 is 12.0 Å². The number of thiophene rings is 1. The highest BCUT2D eigenvalue weighted by atomic mass is 35.5. The highest BCUT2D eigenvalue weighted by molar-refractivity contribution is 7.16. The maximum Gasteiger partial charge on any atom is 0.341 e. The number of esters is 1. The van der Waals surface area contributed by atoms with Gasteiger partial charge >= 0.3 is 12.0 Å². The zero-order valence-corrected chi connectivity index (χ0v) is 16.5. The van der Waals surface area contributed by atoms with E-state index in [1.54, 1.807) is 32.0 Å². The van der Waals surface area contributed by atoms with Crippen molar-refractivity contribution in [3.63, 3.8) is 0 Å². The maximum absolute atomic E-state index is 12.3. The molecule has 2 amide bonds. The van der Waals surface area contributed by atoms with Gasteiger partial charge in [-0.3, -0.25) is 5.32 Å². The fourth-order valence-electron chi connectivity index (χ4n) is 2.07. The first-order valence-electron chi connectivity index (χ1n) is 7.53. The number of ether oxygens (including phenoxy) is 1. The van der Waals surface area contributed by atoms with Gasteiger partial charge in [0.05, 0.1) is 21.7 Å². The lowest BCUT2D eigenvalue weighted by molar-refractivity contribution is 0.0379. The second kappa shape index (κ2) is 8.08. The Bertz CT molecular complexity index is 818. The standard InChI is InChI=1S/C17H18Cl2N2O3S/c1-8(2)24-16(22)14-9(3)10(4)25-15(14)21-17(23)20-11-5-6-12(18)13(19)7-11/h5-8H,1-4H3,(H2,20,21,23). The fourth-order valence-corrected chi connectivity index (χ4v) is 3.41. The average molecular weight is 401 g/mol. The van der Waals surface area contributed by atoms with Crippen LogP contribution in [0.4, 0.5) is 15.5 Å². The maximum atomic E-state index is 12.3. The van der Waals surface area contributed by atoms with E-state index in [0.717, 1.165) is 10.4 Å². The van der Waals surface area contributed by atoms with Crippen molar-refractivity contribution in [1.82, 2.24) is 0 Å². The number of nitrogens with one attached hydrogen (secondary N) is 2. The van der Waals surface area contributed by atoms with Crippen LogP contribution in [0.25, 0.3) is 0 Å². The third-order valence-corrected chi connectivity index (χ3v) is 5.20. The van der Waals surface area contributed by atoms with E-state index in [4.69, 9.17) is 27.9 Å². The molecule has 0 unspecified atom stereocenters. The van der Waals surface area contributed by atoms with Gasteiger partial charge < -0.3 is 10.1 Å². The van der Waals surface area contributed by atoms with Crippen LogP contribution in [0.2, 0.25) is 10.0 Å². The molecule has 0 fully saturated rings. The van der Waals surface area contributed by atoms with Crippen LogP contribution in [0, 0.1) is 13.8 Å². The zero-order valence-electron chi connectivity index (χ0n) is 14.2. The molecule has 2 N–H and O–H groups in total. The number of aryl methyl sites for hydroxylation is 1. The van der Waals surface area contributed by atoms with Gasteiger partial charge in [-0.2, -0.15) is 0 Å². The predicted octanol–water partition coefficient (Wildman–Crippen LogP) is 5.88. The first-order valence-corrected chi connectivity index (χ1v) is 9.10. The summed E-state index contributed by atoms with van der Waals surface area (Å²) in [6, 6.07) is 4.28. The molecule has 2 aromatic rings. The number of carbonyl (C=O) groups is 2. The number of amides is 2. The van der Waals surface area contributed by atoms with Crippen molar-refractivity contribution in [3.8, 4) is 0 Å². The Balaban J connectivity index is 2.18. The number of carbonyl (C=O) groups excluding carboxylic acids is 2. The SMILES string of the molecule is Cc1sc(NC(=O)Nc2ccc(Cl)c(Cl)c2)c(C(=O)OC(C)C)c1C. The molecule has 1 aromatic heterocycles. The lowest BCUT2D eigenvalue weighted by Crippen LogP contribution is -2.21. The number of hydrogen-bond acceptors (Lipinski definition) is 4. The highest BCUT2D eigenvalue weighted by Crippen LogP contribution is 2.33. The first kappa shape index (κ1) is 19.6. The lowest BCUT2D eigenvalue weighted by atomic mass is 10.1. The minimum Gasteiger partial charge on any atom is -0.459 e. The molecule has 5 nitrogen and oxygen atoms in total. The van der Waals surface area contributed by atoms with E-state index in [0.29, 0.717) is 26.3 Å². The Morgan fingerprint density at radius 1 is 1.12 bits per heavy atom. The Labute approximate surface area is 160 Å². The summed E-state index contributed by atoms with van der Waals surface area (Å²) in [4.78, 5) is 25.5. The molecule has 0 aliphatic carbocycles. The Morgan fingerprint density at radius 2 is 1.80 bits per heavy atom. The van der Waals surface area contributed by atoms with Gasteiger partial charge in [-0.25, -0.2) is 9.59 Å². The van der Waals surface area contributed by atoms with Crippen molar-refractivity contribution in [2.75, 3.05) is 10.6 Å². The molecule has 0 aliphatic heterocycles. The van der Waals surface area contributed by atoms with Gasteiger partial charge in [0.15, 0.2) is 0 Å². The smallest absolute Gasteiger partial charge is 0.341 e. The quantitative estimate of drug-likeness (QED) is 0.629. The van der Waals surface area contributed by atoms with Gasteiger partial charge in [-0.15, -0.1) is 11.3 Å². The van der Waals surface area contributed by atoms with E-state index in [2.05, 4.69) is 10.6 Å². The van der Waals surface area contributed by atoms with Crippen molar-refractivity contribution in [2.24, 2.45) is 0 Å². The van der Waals surface area contributed by atoms with Crippen LogP contribution in [0.3, 0.4) is 0 Å². The number of hydrogen-bond donors (Lipinski definition) is 2. The van der Waals surface area contributed by atoms with E-state index in [1.165, 1.54) is 11.3 Å². The van der Waals surface area contributed by atoms with E-state index in [9.17, 15) is 9.59 Å². The molecule has 0 aliphatic rings. The largest absolute Gasteiger partial charge is 0.459 e. The fraction of sp³-hybridized carbons (Fsp3) is 0.294. The van der Waals surface area contributed by atoms with Gasteiger partial charge in [-0.1, -0.05) is 23.2 Å². The first-order chi connectivity index (χ1) is 11.7. The molecular formula is C17H18Cl2N2O3S. The molecule has 8 heteroatoms. The molecule has 1 heterocycles. The Kier molecular flexibility index (Phi) is 6.32. The zero-order chi connectivity index (χ0) is 18.7. The summed E-state index contributed by atoms with van der Waals surface area (Å²) in [5, 5.41) is 6.53. The second-order valence-electron chi connectivity index (χ2n) is 5.65. The molecule has 0 saturated heterocycles. The summed E-state index contributed by atoms with van der Waals surface area (Å²) in [5.41, 5.74) is 1.66. The van der Waals surface area contributed by atoms with Crippen LogP contribution in [0.5, 0.6) is 0 Å². The third-order valence-electron chi connectivity index (χ3n) is 3.34. The van der Waals surface area contributed by atoms with Gasteiger partial charge in [0.2, 0.25) is 0 Å². The summed E-state index contributed by atoms with van der Waals surface area (Å²) >= 11 is 13.1. The molecule has 0 bridgehead atoms. The van der Waals surface area contributed by atoms with Crippen LogP contribution in [0.1, 0.15) is 34.6 Å². The molecule has 0 spiro atoms. The Morgan fingerprint density at radius 3 is 2.40 bits per heavy atom. The van der Waals surface area contributed by atoms with Crippen LogP contribution in [-0.2, 0) is 4.74 Å². The summed E-state index contributed by atoms with van der Waals surface area (Å²) in [7, 11) is 0. The number of benzene rings is 1. The molecule has 0 atom stereocenters. The molecule has 25 heavy (non-hydrogen) atoms. The third kappa shape index (κ3) is 4.87. The number of rotatable bonds is 4. The molecule has 1 aromatic carbocycles. The van der Waals surface area contributed by atoms with Gasteiger partial charge in [0, 0.05) is 10.6 Å². The molecule has 134 valence electrons. The van der Waals surface area contributed by atoms with Gasteiger partial charge in [-0.05, 0) is 51.5 Å². The Hall–Kier alpha value is -1.76. The molecule has 0 radical (unpaired) electrons. The molecule has 0 saturated carbocycles.